The molecule has 0 amide bonds. The first-order valence-electron chi connectivity index (χ1n) is 15.5. The lowest BCUT2D eigenvalue weighted by Crippen LogP contribution is -2.38. The third-order valence-electron chi connectivity index (χ3n) is 10.4. The van der Waals surface area contributed by atoms with E-state index in [-0.39, 0.29) is 0 Å². The van der Waals surface area contributed by atoms with Gasteiger partial charge in [0.2, 0.25) is 6.33 Å². The molecule has 2 aromatic heterocycles. The summed E-state index contributed by atoms with van der Waals surface area (Å²) in [6, 6.07) is 46.9. The molecular formula is C41H32N4. The van der Waals surface area contributed by atoms with Gasteiger partial charge in [0.25, 0.3) is 0 Å². The molecule has 1 N–H and O–H groups in total. The summed E-state index contributed by atoms with van der Waals surface area (Å²) < 4.78 is 4.51. The van der Waals surface area contributed by atoms with Crippen LogP contribution in [0.1, 0.15) is 50.5 Å². The van der Waals surface area contributed by atoms with Crippen molar-refractivity contribution in [1.82, 2.24) is 14.8 Å². The predicted octanol–water partition coefficient (Wildman–Crippen LogP) is 7.64. The molecule has 4 heteroatoms. The summed E-state index contributed by atoms with van der Waals surface area (Å²) in [7, 11) is 2.09. The Morgan fingerprint density at radius 3 is 1.64 bits per heavy atom. The molecule has 0 saturated heterocycles. The maximum Gasteiger partial charge on any atom is 0.205 e. The van der Waals surface area contributed by atoms with E-state index >= 15 is 0 Å². The van der Waals surface area contributed by atoms with E-state index in [1.807, 2.05) is 6.20 Å². The van der Waals surface area contributed by atoms with Crippen molar-refractivity contribution in [3.8, 4) is 22.3 Å². The highest BCUT2D eigenvalue weighted by molar-refractivity contribution is 5.87. The first kappa shape index (κ1) is 26.0. The van der Waals surface area contributed by atoms with Crippen LogP contribution in [0.3, 0.4) is 0 Å². The molecule has 45 heavy (non-hydrogen) atoms. The van der Waals surface area contributed by atoms with Crippen molar-refractivity contribution in [2.45, 2.75) is 24.8 Å². The Balaban J connectivity index is 1.42. The van der Waals surface area contributed by atoms with Gasteiger partial charge in [0, 0.05) is 22.9 Å². The van der Waals surface area contributed by atoms with Crippen LogP contribution in [0, 0.1) is 20.2 Å². The minimum atomic E-state index is -0.619. The Morgan fingerprint density at radius 1 is 0.622 bits per heavy atom. The molecular weight excluding hydrogens is 548 g/mol. The van der Waals surface area contributed by atoms with Crippen molar-refractivity contribution < 1.29 is 4.57 Å². The van der Waals surface area contributed by atoms with Gasteiger partial charge in [0.1, 0.15) is 0 Å². The van der Waals surface area contributed by atoms with Crippen molar-refractivity contribution in [3.05, 3.63) is 190 Å². The molecule has 4 nitrogen and oxygen atoms in total. The summed E-state index contributed by atoms with van der Waals surface area (Å²) in [6.45, 7) is 4.40. The largest absolute Gasteiger partial charge is 0.351 e. The number of hydrogen-bond donors (Lipinski definition) is 1. The van der Waals surface area contributed by atoms with E-state index in [4.69, 9.17) is 0 Å². The first-order valence-corrected chi connectivity index (χ1v) is 15.5. The number of benzene rings is 5. The fourth-order valence-electron chi connectivity index (χ4n) is 8.36. The Morgan fingerprint density at radius 2 is 1.13 bits per heavy atom. The van der Waals surface area contributed by atoms with Crippen molar-refractivity contribution >= 4 is 0 Å². The third-order valence-corrected chi connectivity index (χ3v) is 10.4. The minimum absolute atomic E-state index is 0.561. The van der Waals surface area contributed by atoms with Gasteiger partial charge in [-0.05, 0) is 62.5 Å². The normalized spacial score (nSPS) is 14.9. The summed E-state index contributed by atoms with van der Waals surface area (Å²) >= 11 is 0. The van der Waals surface area contributed by atoms with E-state index < -0.39 is 11.0 Å². The molecule has 216 valence electrons. The molecule has 0 unspecified atom stereocenters. The number of fused-ring (bicyclic) bond motifs is 6. The number of hydrogen-bond acceptors (Lipinski definition) is 1. The number of nitrogens with one attached hydrogen (secondary N) is 1. The Kier molecular flexibility index (Phi) is 5.34. The summed E-state index contributed by atoms with van der Waals surface area (Å²) in [4.78, 5) is 0. The number of aromatic amines is 1. The van der Waals surface area contributed by atoms with Crippen LogP contribution in [0.25, 0.3) is 22.3 Å². The van der Waals surface area contributed by atoms with Crippen molar-refractivity contribution in [1.29, 1.82) is 0 Å². The molecule has 2 aliphatic carbocycles. The fraction of sp³-hybridized carbons (Fsp3) is 0.122. The van der Waals surface area contributed by atoms with Gasteiger partial charge >= 0.3 is 0 Å². The Labute approximate surface area is 263 Å². The smallest absolute Gasteiger partial charge is 0.205 e. The second kappa shape index (κ2) is 9.26. The van der Waals surface area contributed by atoms with Gasteiger partial charge in [-0.15, -0.1) is 0 Å². The van der Waals surface area contributed by atoms with E-state index in [0.29, 0.717) is 0 Å². The van der Waals surface area contributed by atoms with Gasteiger partial charge in [0.05, 0.1) is 18.2 Å². The lowest BCUT2D eigenvalue weighted by atomic mass is 9.68. The summed E-state index contributed by atoms with van der Waals surface area (Å²) in [5, 5.41) is 7.91. The molecule has 0 aliphatic heterocycles. The van der Waals surface area contributed by atoms with Gasteiger partial charge in [0.15, 0.2) is 5.54 Å². The fourth-order valence-corrected chi connectivity index (χ4v) is 8.36. The number of rotatable bonds is 4. The maximum atomic E-state index is 4.49. The lowest BCUT2D eigenvalue weighted by molar-refractivity contribution is -0.681. The number of aromatic nitrogens is 4. The average Bonchev–Trinajstić information content (AvgIpc) is 3.85. The maximum absolute atomic E-state index is 4.49. The average molecular weight is 581 g/mol. The molecule has 0 bridgehead atoms. The van der Waals surface area contributed by atoms with Crippen LogP contribution in [0.5, 0.6) is 0 Å². The monoisotopic (exact) mass is 580 g/mol. The van der Waals surface area contributed by atoms with Crippen LogP contribution in [0.4, 0.5) is 0 Å². The zero-order valence-corrected chi connectivity index (χ0v) is 25.5. The number of imidazole rings is 1. The second-order valence-electron chi connectivity index (χ2n) is 12.4. The highest BCUT2D eigenvalue weighted by atomic mass is 15.2. The van der Waals surface area contributed by atoms with Gasteiger partial charge in [-0.25, -0.2) is 0 Å². The van der Waals surface area contributed by atoms with E-state index in [9.17, 15) is 0 Å². The summed E-state index contributed by atoms with van der Waals surface area (Å²) in [5.74, 6) is 0. The molecule has 9 rings (SSSR count). The molecule has 2 aliphatic rings. The molecule has 0 radical (unpaired) electrons. The van der Waals surface area contributed by atoms with Crippen LogP contribution >= 0.6 is 0 Å². The number of nitrogens with zero attached hydrogens (tertiary/aromatic N) is 3. The lowest BCUT2D eigenvalue weighted by Gasteiger charge is -2.36. The predicted molar refractivity (Wildman–Crippen MR) is 177 cm³/mol. The van der Waals surface area contributed by atoms with Gasteiger partial charge < -0.3 is 9.13 Å². The molecule has 0 atom stereocenters. The second-order valence-corrected chi connectivity index (χ2v) is 12.4. The Bertz CT molecular complexity index is 2180. The van der Waals surface area contributed by atoms with E-state index in [1.54, 1.807) is 0 Å². The van der Waals surface area contributed by atoms with Crippen LogP contribution in [-0.2, 0) is 18.0 Å². The minimum Gasteiger partial charge on any atom is -0.351 e. The van der Waals surface area contributed by atoms with Gasteiger partial charge in [-0.1, -0.05) is 129 Å². The zero-order chi connectivity index (χ0) is 30.3. The molecule has 5 aromatic carbocycles. The van der Waals surface area contributed by atoms with Gasteiger partial charge in [-0.2, -0.15) is 5.10 Å². The van der Waals surface area contributed by atoms with Crippen molar-refractivity contribution in [3.63, 3.8) is 0 Å². The zero-order valence-electron chi connectivity index (χ0n) is 25.5. The summed E-state index contributed by atoms with van der Waals surface area (Å²) in [6.07, 6.45) is 5.62. The van der Waals surface area contributed by atoms with E-state index in [2.05, 4.69) is 174 Å². The molecule has 0 fully saturated rings. The van der Waals surface area contributed by atoms with E-state index in [0.717, 1.165) is 5.69 Å². The van der Waals surface area contributed by atoms with Crippen LogP contribution in [-0.4, -0.2) is 14.8 Å². The van der Waals surface area contributed by atoms with Crippen LogP contribution in [0.2, 0.25) is 0 Å². The van der Waals surface area contributed by atoms with Gasteiger partial charge in [-0.3, -0.25) is 5.10 Å². The molecule has 2 heterocycles. The van der Waals surface area contributed by atoms with Crippen LogP contribution < -0.4 is 4.57 Å². The SMILES string of the molecule is Cc1c(C)[n+](C)[c-]n1C1(c2cccc(C3(c4ccn[nH]4)c4ccccc4-c4ccccc43)c2)c2ccccc2-c2ccccc21. The van der Waals surface area contributed by atoms with Crippen LogP contribution in [0.15, 0.2) is 134 Å². The van der Waals surface area contributed by atoms with Crippen molar-refractivity contribution in [2.24, 2.45) is 7.05 Å². The first-order chi connectivity index (χ1) is 22.1. The topological polar surface area (TPSA) is 37.5 Å². The number of aryl methyl sites for hydroxylation is 1. The number of H-pyrrole nitrogens is 1. The summed E-state index contributed by atoms with van der Waals surface area (Å²) in [5.41, 5.74) is 14.8. The molecule has 0 spiro atoms. The molecule has 7 aromatic rings. The van der Waals surface area contributed by atoms with E-state index in [1.165, 1.54) is 67.0 Å². The van der Waals surface area contributed by atoms with Crippen molar-refractivity contribution in [2.75, 3.05) is 0 Å². The quantitative estimate of drug-likeness (QED) is 0.169. The standard InChI is InChI=1S/C41H32N4/c1-27-28(2)45(26-44(27)3)41(37-21-10-6-17-33(37)34-18-7-11-22-38(34)41)30-14-12-13-29(25-30)40(39-23-24-42-43-39)35-19-8-4-15-31(35)32-16-5-9-20-36(32)40/h4-25H,1-3H3,(H,42,43). The highest BCUT2D eigenvalue weighted by Gasteiger charge is 2.51. The highest BCUT2D eigenvalue weighted by Crippen LogP contribution is 2.58. The molecule has 0 saturated carbocycles. The Hall–Kier alpha value is -5.48. The third kappa shape index (κ3) is 3.16.